The van der Waals surface area contributed by atoms with Crippen LogP contribution < -0.4 is 20.3 Å². The van der Waals surface area contributed by atoms with Crippen LogP contribution >= 0.6 is 24.8 Å². The van der Waals surface area contributed by atoms with Gasteiger partial charge in [-0.3, -0.25) is 4.79 Å². The van der Waals surface area contributed by atoms with Crippen molar-refractivity contribution >= 4 is 36.4 Å². The lowest BCUT2D eigenvalue weighted by molar-refractivity contribution is -0.122. The third-order valence-corrected chi connectivity index (χ3v) is 5.23. The average Bonchev–Trinajstić information content (AvgIpc) is 3.14. The summed E-state index contributed by atoms with van der Waals surface area (Å²) in [6.07, 6.45) is 4.88. The van der Waals surface area contributed by atoms with Gasteiger partial charge in [0, 0.05) is 25.6 Å². The number of rotatable bonds is 6. The molecule has 0 saturated carbocycles. The van der Waals surface area contributed by atoms with E-state index >= 15 is 0 Å². The van der Waals surface area contributed by atoms with Crippen molar-refractivity contribution in [3.05, 3.63) is 24.3 Å². The van der Waals surface area contributed by atoms with Gasteiger partial charge >= 0.3 is 0 Å². The minimum Gasteiger partial charge on any atom is -0.495 e. The zero-order valence-corrected chi connectivity index (χ0v) is 17.0. The minimum absolute atomic E-state index is 0. The topological polar surface area (TPSA) is 53.6 Å². The fraction of sp³-hybridized carbons (Fsp3) is 0.632. The standard InChI is InChI=1S/C19H29N3O2.2ClH/c1-24-18-5-3-2-4-17(18)22-12-9-16(10-13-22)21-19(23)7-6-15-8-11-20-14-15;;/h2-5,15-16,20H,6-14H2,1H3,(H,21,23);2*1H. The third-order valence-electron chi connectivity index (χ3n) is 5.23. The number of piperidine rings is 1. The molecule has 3 rings (SSSR count). The number of carbonyl (C=O) groups is 1. The van der Waals surface area contributed by atoms with E-state index in [1.165, 1.54) is 6.42 Å². The van der Waals surface area contributed by atoms with Gasteiger partial charge in [-0.2, -0.15) is 0 Å². The van der Waals surface area contributed by atoms with Gasteiger partial charge < -0.3 is 20.3 Å². The third kappa shape index (κ3) is 6.22. The van der Waals surface area contributed by atoms with E-state index < -0.39 is 0 Å². The van der Waals surface area contributed by atoms with Crippen molar-refractivity contribution in [1.29, 1.82) is 0 Å². The molecule has 2 aliphatic rings. The van der Waals surface area contributed by atoms with Crippen molar-refractivity contribution in [3.63, 3.8) is 0 Å². The first-order valence-corrected chi connectivity index (χ1v) is 9.14. The van der Waals surface area contributed by atoms with Crippen LogP contribution in [0.2, 0.25) is 0 Å². The Labute approximate surface area is 169 Å². The van der Waals surface area contributed by atoms with Crippen molar-refractivity contribution in [2.45, 2.75) is 38.1 Å². The molecule has 7 heteroatoms. The first kappa shape index (κ1) is 22.9. The number of ether oxygens (including phenoxy) is 1. The van der Waals surface area contributed by atoms with Crippen molar-refractivity contribution in [3.8, 4) is 5.75 Å². The van der Waals surface area contributed by atoms with Gasteiger partial charge in [0.25, 0.3) is 0 Å². The number of anilines is 1. The molecule has 2 fully saturated rings. The molecule has 1 amide bonds. The van der Waals surface area contributed by atoms with Crippen LogP contribution in [0.25, 0.3) is 0 Å². The summed E-state index contributed by atoms with van der Waals surface area (Å²) < 4.78 is 5.45. The Hall–Kier alpha value is -1.17. The van der Waals surface area contributed by atoms with E-state index in [0.29, 0.717) is 18.4 Å². The molecule has 2 heterocycles. The normalized spacial score (nSPS) is 20.0. The first-order valence-electron chi connectivity index (χ1n) is 9.14. The van der Waals surface area contributed by atoms with Crippen LogP contribution in [0.5, 0.6) is 5.75 Å². The molecule has 0 aliphatic carbocycles. The Morgan fingerprint density at radius 3 is 2.62 bits per heavy atom. The van der Waals surface area contributed by atoms with Gasteiger partial charge in [0.2, 0.25) is 5.91 Å². The van der Waals surface area contributed by atoms with E-state index in [4.69, 9.17) is 4.74 Å². The van der Waals surface area contributed by atoms with Crippen LogP contribution in [-0.2, 0) is 4.79 Å². The van der Waals surface area contributed by atoms with Crippen LogP contribution in [0.1, 0.15) is 32.1 Å². The van der Waals surface area contributed by atoms with E-state index in [1.807, 2.05) is 18.2 Å². The molecule has 0 radical (unpaired) electrons. The second-order valence-electron chi connectivity index (χ2n) is 6.90. The number of halogens is 2. The Kier molecular flexibility index (Phi) is 10.1. The maximum absolute atomic E-state index is 12.2. The van der Waals surface area contributed by atoms with E-state index in [0.717, 1.165) is 56.9 Å². The smallest absolute Gasteiger partial charge is 0.220 e. The summed E-state index contributed by atoms with van der Waals surface area (Å²) in [4.78, 5) is 14.5. The second-order valence-corrected chi connectivity index (χ2v) is 6.90. The summed E-state index contributed by atoms with van der Waals surface area (Å²) in [5, 5.41) is 6.59. The lowest BCUT2D eigenvalue weighted by Gasteiger charge is -2.34. The summed E-state index contributed by atoms with van der Waals surface area (Å²) in [6, 6.07) is 8.46. The molecule has 1 aromatic rings. The summed E-state index contributed by atoms with van der Waals surface area (Å²) in [7, 11) is 1.71. The molecule has 0 aromatic heterocycles. The number of carbonyl (C=O) groups excluding carboxylic acids is 1. The molecule has 2 N–H and O–H groups in total. The molecule has 1 unspecified atom stereocenters. The van der Waals surface area contributed by atoms with Gasteiger partial charge in [0.1, 0.15) is 5.75 Å². The molecule has 148 valence electrons. The summed E-state index contributed by atoms with van der Waals surface area (Å²) in [5.41, 5.74) is 1.15. The number of benzene rings is 1. The second kappa shape index (κ2) is 11.5. The zero-order valence-electron chi connectivity index (χ0n) is 15.4. The fourth-order valence-corrected chi connectivity index (χ4v) is 3.75. The number of hydrogen-bond acceptors (Lipinski definition) is 4. The Morgan fingerprint density at radius 1 is 1.23 bits per heavy atom. The monoisotopic (exact) mass is 403 g/mol. The molecule has 0 spiro atoms. The van der Waals surface area contributed by atoms with E-state index in [9.17, 15) is 4.79 Å². The summed E-state index contributed by atoms with van der Waals surface area (Å²) >= 11 is 0. The minimum atomic E-state index is 0. The van der Waals surface area contributed by atoms with Crippen molar-refractivity contribution in [1.82, 2.24) is 10.6 Å². The quantitative estimate of drug-likeness (QED) is 0.766. The Bertz CT molecular complexity index is 545. The molecule has 26 heavy (non-hydrogen) atoms. The number of nitrogens with one attached hydrogen (secondary N) is 2. The van der Waals surface area contributed by atoms with Crippen molar-refractivity contribution < 1.29 is 9.53 Å². The molecule has 2 saturated heterocycles. The molecular formula is C19H31Cl2N3O2. The maximum Gasteiger partial charge on any atom is 0.220 e. The summed E-state index contributed by atoms with van der Waals surface area (Å²) in [5.74, 6) is 1.82. The van der Waals surface area contributed by atoms with E-state index in [2.05, 4.69) is 21.6 Å². The lowest BCUT2D eigenvalue weighted by atomic mass is 10.0. The predicted octanol–water partition coefficient (Wildman–Crippen LogP) is 3.01. The predicted molar refractivity (Wildman–Crippen MR) is 111 cm³/mol. The lowest BCUT2D eigenvalue weighted by Crippen LogP contribution is -2.44. The molecule has 1 atom stereocenters. The highest BCUT2D eigenvalue weighted by atomic mass is 35.5. The van der Waals surface area contributed by atoms with Gasteiger partial charge in [0.05, 0.1) is 12.8 Å². The SMILES string of the molecule is COc1ccccc1N1CCC(NC(=O)CCC2CCNC2)CC1.Cl.Cl. The highest BCUT2D eigenvalue weighted by molar-refractivity contribution is 5.85. The Morgan fingerprint density at radius 2 is 1.96 bits per heavy atom. The van der Waals surface area contributed by atoms with Crippen LogP contribution in [-0.4, -0.2) is 45.2 Å². The van der Waals surface area contributed by atoms with E-state index in [-0.39, 0.29) is 30.7 Å². The Balaban J connectivity index is 0.00000169. The number of para-hydroxylation sites is 2. The van der Waals surface area contributed by atoms with Gasteiger partial charge in [-0.15, -0.1) is 24.8 Å². The van der Waals surface area contributed by atoms with Gasteiger partial charge in [-0.1, -0.05) is 12.1 Å². The first-order chi connectivity index (χ1) is 11.8. The van der Waals surface area contributed by atoms with Gasteiger partial charge in [-0.25, -0.2) is 0 Å². The average molecular weight is 404 g/mol. The number of nitrogens with zero attached hydrogens (tertiary/aromatic N) is 1. The highest BCUT2D eigenvalue weighted by Gasteiger charge is 2.23. The van der Waals surface area contributed by atoms with Crippen LogP contribution in [0, 0.1) is 5.92 Å². The molecular weight excluding hydrogens is 373 g/mol. The molecule has 0 bridgehead atoms. The fourth-order valence-electron chi connectivity index (χ4n) is 3.75. The molecule has 2 aliphatic heterocycles. The summed E-state index contributed by atoms with van der Waals surface area (Å²) in [6.45, 7) is 4.09. The number of methoxy groups -OCH3 is 1. The van der Waals surface area contributed by atoms with Crippen molar-refractivity contribution in [2.75, 3.05) is 38.2 Å². The van der Waals surface area contributed by atoms with Crippen LogP contribution in [0.4, 0.5) is 5.69 Å². The van der Waals surface area contributed by atoms with Crippen LogP contribution in [0.15, 0.2) is 24.3 Å². The van der Waals surface area contributed by atoms with Crippen molar-refractivity contribution in [2.24, 2.45) is 5.92 Å². The highest BCUT2D eigenvalue weighted by Crippen LogP contribution is 2.29. The van der Waals surface area contributed by atoms with Crippen LogP contribution in [0.3, 0.4) is 0 Å². The molecule has 5 nitrogen and oxygen atoms in total. The number of hydrogen-bond donors (Lipinski definition) is 2. The largest absolute Gasteiger partial charge is 0.495 e. The number of amides is 1. The van der Waals surface area contributed by atoms with Gasteiger partial charge in [-0.05, 0) is 56.8 Å². The maximum atomic E-state index is 12.2. The van der Waals surface area contributed by atoms with Gasteiger partial charge in [0.15, 0.2) is 0 Å². The van der Waals surface area contributed by atoms with E-state index in [1.54, 1.807) is 7.11 Å². The zero-order chi connectivity index (χ0) is 16.8. The molecule has 1 aromatic carbocycles.